The summed E-state index contributed by atoms with van der Waals surface area (Å²) in [6.45, 7) is 1.84. The predicted octanol–water partition coefficient (Wildman–Crippen LogP) is 3.04. The average molecular weight is 280 g/mol. The van der Waals surface area contributed by atoms with E-state index in [0.29, 0.717) is 20.8 Å². The fourth-order valence-electron chi connectivity index (χ4n) is 1.18. The first-order valence-electron chi connectivity index (χ1n) is 4.94. The van der Waals surface area contributed by atoms with E-state index in [2.05, 4.69) is 27.8 Å². The molecule has 6 heteroatoms. The van der Waals surface area contributed by atoms with E-state index >= 15 is 0 Å². The Kier molecular flexibility index (Phi) is 5.69. The van der Waals surface area contributed by atoms with E-state index < -0.39 is 0 Å². The molecule has 16 heavy (non-hydrogen) atoms. The minimum atomic E-state index is 0.465. The molecule has 0 amide bonds. The molecule has 1 aromatic heterocycles. The van der Waals surface area contributed by atoms with Crippen LogP contribution in [0.15, 0.2) is 11.1 Å². The maximum absolute atomic E-state index is 6.04. The van der Waals surface area contributed by atoms with Crippen molar-refractivity contribution in [3.05, 3.63) is 16.2 Å². The number of aromatic nitrogens is 1. The van der Waals surface area contributed by atoms with E-state index in [9.17, 15) is 0 Å². The summed E-state index contributed by atoms with van der Waals surface area (Å²) in [6.07, 6.45) is 2.57. The van der Waals surface area contributed by atoms with Gasteiger partial charge in [-0.15, -0.1) is 12.6 Å². The fourth-order valence-corrected chi connectivity index (χ4v) is 1.75. The number of hydrogen-bond acceptors (Lipinski definition) is 4. The number of anilines is 1. The lowest BCUT2D eigenvalue weighted by Gasteiger charge is -2.11. The summed E-state index contributed by atoms with van der Waals surface area (Å²) in [5.74, 6) is 0.634. The molecule has 1 aromatic rings. The molecule has 0 aliphatic heterocycles. The maximum Gasteiger partial charge on any atom is 0.146 e. The van der Waals surface area contributed by atoms with Gasteiger partial charge in [0.2, 0.25) is 0 Å². The van der Waals surface area contributed by atoms with E-state index in [0.717, 1.165) is 19.5 Å². The lowest BCUT2D eigenvalue weighted by Crippen LogP contribution is -2.16. The third-order valence-corrected chi connectivity index (χ3v) is 3.41. The topological polar surface area (TPSA) is 28.2 Å². The molecule has 1 heterocycles. The Morgan fingerprint density at radius 3 is 2.75 bits per heavy atom. The number of hydrogen-bond donors (Lipinski definition) is 2. The molecule has 1 N–H and O–H groups in total. The number of nitrogens with one attached hydrogen (secondary N) is 1. The monoisotopic (exact) mass is 279 g/mol. The minimum absolute atomic E-state index is 0.465. The molecule has 90 valence electrons. The molecule has 1 rings (SSSR count). The van der Waals surface area contributed by atoms with Gasteiger partial charge in [-0.05, 0) is 27.1 Å². The van der Waals surface area contributed by atoms with Gasteiger partial charge in [-0.2, -0.15) is 0 Å². The molecule has 3 nitrogen and oxygen atoms in total. The molecule has 0 fully saturated rings. The molecular formula is C10H15Cl2N3S. The van der Waals surface area contributed by atoms with Crippen molar-refractivity contribution >= 4 is 41.6 Å². The first-order valence-corrected chi connectivity index (χ1v) is 6.14. The second-order valence-corrected chi connectivity index (χ2v) is 4.93. The van der Waals surface area contributed by atoms with Gasteiger partial charge in [0.25, 0.3) is 0 Å². The van der Waals surface area contributed by atoms with Gasteiger partial charge in [0.15, 0.2) is 0 Å². The van der Waals surface area contributed by atoms with Crippen molar-refractivity contribution in [2.45, 2.75) is 11.3 Å². The number of thiol groups is 1. The van der Waals surface area contributed by atoms with E-state index in [1.54, 1.807) is 6.20 Å². The molecule has 0 aliphatic carbocycles. The van der Waals surface area contributed by atoms with Crippen LogP contribution < -0.4 is 5.32 Å². The summed E-state index contributed by atoms with van der Waals surface area (Å²) in [5, 5.41) is 4.10. The van der Waals surface area contributed by atoms with Gasteiger partial charge in [-0.3, -0.25) is 0 Å². The van der Waals surface area contributed by atoms with Crippen LogP contribution in [0.3, 0.4) is 0 Å². The molecular weight excluding hydrogens is 265 g/mol. The Labute approximate surface area is 112 Å². The Morgan fingerprint density at radius 1 is 1.44 bits per heavy atom. The summed E-state index contributed by atoms with van der Waals surface area (Å²) in [6, 6.07) is 0. The highest BCUT2D eigenvalue weighted by molar-refractivity contribution is 7.80. The van der Waals surface area contributed by atoms with Crippen LogP contribution in [-0.2, 0) is 0 Å². The lowest BCUT2D eigenvalue weighted by molar-refractivity contribution is 0.405. The minimum Gasteiger partial charge on any atom is -0.369 e. The SMILES string of the molecule is CN(C)CCCNc1ncc(Cl)c(S)c1Cl. The fraction of sp³-hybridized carbons (Fsp3) is 0.500. The molecule has 0 aromatic carbocycles. The van der Waals surface area contributed by atoms with Crippen LogP contribution in [0.1, 0.15) is 6.42 Å². The Bertz CT molecular complexity index is 358. The van der Waals surface area contributed by atoms with Gasteiger partial charge in [0.05, 0.1) is 10.0 Å². The van der Waals surface area contributed by atoms with Crippen molar-refractivity contribution in [3.63, 3.8) is 0 Å². The molecule has 0 spiro atoms. The summed E-state index contributed by atoms with van der Waals surface area (Å²) in [7, 11) is 4.08. The van der Waals surface area contributed by atoms with Crippen molar-refractivity contribution in [3.8, 4) is 0 Å². The first-order chi connectivity index (χ1) is 7.52. The standard InChI is InChI=1S/C10H15Cl2N3S/c1-15(2)5-3-4-13-10-8(12)9(16)7(11)6-14-10/h6H,3-5H2,1-2H3,(H2,13,14,16). The van der Waals surface area contributed by atoms with E-state index in [4.69, 9.17) is 23.2 Å². The van der Waals surface area contributed by atoms with Crippen LogP contribution in [0, 0.1) is 0 Å². The molecule has 0 saturated heterocycles. The van der Waals surface area contributed by atoms with Crippen LogP contribution >= 0.6 is 35.8 Å². The first kappa shape index (κ1) is 13.9. The molecule has 0 saturated carbocycles. The number of nitrogens with zero attached hydrogens (tertiary/aromatic N) is 2. The molecule has 0 radical (unpaired) electrons. The van der Waals surface area contributed by atoms with Gasteiger partial charge >= 0.3 is 0 Å². The largest absolute Gasteiger partial charge is 0.369 e. The Balaban J connectivity index is 2.52. The summed E-state index contributed by atoms with van der Waals surface area (Å²) < 4.78 is 0. The lowest BCUT2D eigenvalue weighted by atomic mass is 10.4. The van der Waals surface area contributed by atoms with E-state index in [-0.39, 0.29) is 0 Å². The quantitative estimate of drug-likeness (QED) is 0.641. The van der Waals surface area contributed by atoms with Gasteiger partial charge in [-0.25, -0.2) is 4.98 Å². The second-order valence-electron chi connectivity index (χ2n) is 3.70. The average Bonchev–Trinajstić information content (AvgIpc) is 2.23. The van der Waals surface area contributed by atoms with Crippen LogP contribution in [0.4, 0.5) is 5.82 Å². The third kappa shape index (κ3) is 4.01. The molecule has 0 aliphatic rings. The summed E-state index contributed by atoms with van der Waals surface area (Å²) in [5.41, 5.74) is 0. The van der Waals surface area contributed by atoms with Crippen LogP contribution in [0.5, 0.6) is 0 Å². The van der Waals surface area contributed by atoms with Crippen molar-refractivity contribution < 1.29 is 0 Å². The highest BCUT2D eigenvalue weighted by Crippen LogP contribution is 2.32. The van der Waals surface area contributed by atoms with Gasteiger partial charge in [0, 0.05) is 17.6 Å². The highest BCUT2D eigenvalue weighted by Gasteiger charge is 2.08. The summed E-state index contributed by atoms with van der Waals surface area (Å²) >= 11 is 16.1. The van der Waals surface area contributed by atoms with Crippen molar-refractivity contribution in [2.75, 3.05) is 32.5 Å². The van der Waals surface area contributed by atoms with Crippen LogP contribution in [0.25, 0.3) is 0 Å². The van der Waals surface area contributed by atoms with E-state index in [1.807, 2.05) is 14.1 Å². The Morgan fingerprint density at radius 2 is 2.12 bits per heavy atom. The number of pyridine rings is 1. The Hall–Kier alpha value is -0.160. The predicted molar refractivity (Wildman–Crippen MR) is 73.2 cm³/mol. The molecule has 0 atom stereocenters. The highest BCUT2D eigenvalue weighted by atomic mass is 35.5. The van der Waals surface area contributed by atoms with E-state index in [1.165, 1.54) is 0 Å². The zero-order chi connectivity index (χ0) is 12.1. The molecule has 0 unspecified atom stereocenters. The van der Waals surface area contributed by atoms with Gasteiger partial charge in [0.1, 0.15) is 5.82 Å². The smallest absolute Gasteiger partial charge is 0.146 e. The van der Waals surface area contributed by atoms with Gasteiger partial charge in [-0.1, -0.05) is 23.2 Å². The molecule has 0 bridgehead atoms. The zero-order valence-corrected chi connectivity index (χ0v) is 11.7. The third-order valence-electron chi connectivity index (χ3n) is 2.02. The van der Waals surface area contributed by atoms with Gasteiger partial charge < -0.3 is 10.2 Å². The second kappa shape index (κ2) is 6.55. The maximum atomic E-state index is 6.04. The van der Waals surface area contributed by atoms with Crippen molar-refractivity contribution in [2.24, 2.45) is 0 Å². The zero-order valence-electron chi connectivity index (χ0n) is 9.30. The van der Waals surface area contributed by atoms with Crippen molar-refractivity contribution in [1.29, 1.82) is 0 Å². The van der Waals surface area contributed by atoms with Crippen LogP contribution in [-0.4, -0.2) is 37.1 Å². The number of rotatable bonds is 5. The normalized spacial score (nSPS) is 10.9. The van der Waals surface area contributed by atoms with Crippen LogP contribution in [0.2, 0.25) is 10.0 Å². The van der Waals surface area contributed by atoms with Crippen molar-refractivity contribution in [1.82, 2.24) is 9.88 Å². The number of halogens is 2. The summed E-state index contributed by atoms with van der Waals surface area (Å²) in [4.78, 5) is 6.81.